The topological polar surface area (TPSA) is 32.3 Å². The molecule has 4 aliphatic rings. The minimum absolute atomic E-state index is 0.178. The zero-order valence-electron chi connectivity index (χ0n) is 20.9. The lowest BCUT2D eigenvalue weighted by molar-refractivity contribution is -0.137. The summed E-state index contributed by atoms with van der Waals surface area (Å²) in [5.41, 5.74) is 0.144. The van der Waals surface area contributed by atoms with Crippen LogP contribution in [-0.2, 0) is 17.5 Å². The Hall–Kier alpha value is -1.56. The second-order valence-corrected chi connectivity index (χ2v) is 11.8. The van der Waals surface area contributed by atoms with E-state index in [4.69, 9.17) is 0 Å². The van der Waals surface area contributed by atoms with Crippen molar-refractivity contribution in [2.45, 2.75) is 95.8 Å². The standard InChI is InChI=1S/C29H41F3N2O/c30-29(31,32)24-13-7-8-20(16-24)17-34-18-23-14-15-26(25(23)19-34)33-28(35)27(21-9-3-1-4-10-21)22-11-5-2-6-12-22/h7-8,13,16,21-23,25-27H,1-6,9-12,14-15,17-19H2,(H,33,35)/t23-,25+,26+/m1/s1. The highest BCUT2D eigenvalue weighted by atomic mass is 19.4. The second-order valence-electron chi connectivity index (χ2n) is 11.8. The summed E-state index contributed by atoms with van der Waals surface area (Å²) >= 11 is 0. The Morgan fingerprint density at radius 2 is 1.57 bits per heavy atom. The molecule has 1 amide bonds. The summed E-state index contributed by atoms with van der Waals surface area (Å²) in [6, 6.07) is 5.94. The first kappa shape index (κ1) is 25.1. The van der Waals surface area contributed by atoms with Gasteiger partial charge in [0.1, 0.15) is 0 Å². The van der Waals surface area contributed by atoms with Gasteiger partial charge in [0.05, 0.1) is 5.56 Å². The van der Waals surface area contributed by atoms with Gasteiger partial charge >= 0.3 is 6.18 Å². The molecule has 1 aliphatic heterocycles. The van der Waals surface area contributed by atoms with Gasteiger partial charge in [0.15, 0.2) is 0 Å². The number of hydrogen-bond donors (Lipinski definition) is 1. The van der Waals surface area contributed by atoms with Gasteiger partial charge < -0.3 is 5.32 Å². The number of benzene rings is 1. The number of amides is 1. The third kappa shape index (κ3) is 5.89. The number of nitrogens with zero attached hydrogens (tertiary/aromatic N) is 1. The van der Waals surface area contributed by atoms with Crippen LogP contribution in [0.2, 0.25) is 0 Å². The highest BCUT2D eigenvalue weighted by molar-refractivity contribution is 5.79. The van der Waals surface area contributed by atoms with E-state index in [-0.39, 0.29) is 12.0 Å². The first-order valence-corrected chi connectivity index (χ1v) is 14.1. The van der Waals surface area contributed by atoms with E-state index in [1.165, 1.54) is 76.3 Å². The van der Waals surface area contributed by atoms with E-state index in [2.05, 4.69) is 10.2 Å². The molecule has 0 unspecified atom stereocenters. The van der Waals surface area contributed by atoms with Gasteiger partial charge in [0, 0.05) is 31.6 Å². The number of likely N-dealkylation sites (tertiary alicyclic amines) is 1. The molecule has 1 aromatic rings. The molecule has 5 rings (SSSR count). The lowest BCUT2D eigenvalue weighted by atomic mass is 9.69. The van der Waals surface area contributed by atoms with Gasteiger partial charge in [0.25, 0.3) is 0 Å². The van der Waals surface area contributed by atoms with Gasteiger partial charge in [-0.2, -0.15) is 13.2 Å². The number of alkyl halides is 3. The Balaban J connectivity index is 1.21. The zero-order chi connectivity index (χ0) is 24.4. The van der Waals surface area contributed by atoms with Crippen LogP contribution in [0.3, 0.4) is 0 Å². The molecule has 6 heteroatoms. The number of fused-ring (bicyclic) bond motifs is 1. The van der Waals surface area contributed by atoms with Crippen molar-refractivity contribution in [1.82, 2.24) is 10.2 Å². The molecule has 3 atom stereocenters. The first-order chi connectivity index (χ1) is 16.9. The third-order valence-corrected chi connectivity index (χ3v) is 9.54. The van der Waals surface area contributed by atoms with Gasteiger partial charge in [-0.25, -0.2) is 0 Å². The monoisotopic (exact) mass is 490 g/mol. The SMILES string of the molecule is O=C(N[C@H]1CC[C@@H]2CN(Cc3cccc(C(F)(F)F)c3)C[C@@H]21)C(C1CCCCC1)C1CCCCC1. The van der Waals surface area contributed by atoms with E-state index in [0.717, 1.165) is 37.6 Å². The Morgan fingerprint density at radius 3 is 2.20 bits per heavy atom. The molecular weight excluding hydrogens is 449 g/mol. The van der Waals surface area contributed by atoms with Crippen molar-refractivity contribution in [3.8, 4) is 0 Å². The minimum Gasteiger partial charge on any atom is -0.353 e. The number of hydrogen-bond acceptors (Lipinski definition) is 2. The highest BCUT2D eigenvalue weighted by Gasteiger charge is 2.45. The Kier molecular flexibility index (Phi) is 7.76. The van der Waals surface area contributed by atoms with Crippen molar-refractivity contribution in [2.75, 3.05) is 13.1 Å². The Morgan fingerprint density at radius 1 is 0.914 bits per heavy atom. The van der Waals surface area contributed by atoms with Crippen LogP contribution in [0.5, 0.6) is 0 Å². The maximum absolute atomic E-state index is 13.8. The van der Waals surface area contributed by atoms with Crippen molar-refractivity contribution in [3.05, 3.63) is 35.4 Å². The summed E-state index contributed by atoms with van der Waals surface area (Å²) in [6.45, 7) is 2.33. The van der Waals surface area contributed by atoms with Crippen LogP contribution in [0, 0.1) is 29.6 Å². The maximum Gasteiger partial charge on any atom is 0.416 e. The lowest BCUT2D eigenvalue weighted by Crippen LogP contribution is -2.47. The average Bonchev–Trinajstić information content (AvgIpc) is 3.41. The van der Waals surface area contributed by atoms with Crippen LogP contribution in [0.25, 0.3) is 0 Å². The molecule has 3 nitrogen and oxygen atoms in total. The molecule has 1 N–H and O–H groups in total. The number of carbonyl (C=O) groups excluding carboxylic acids is 1. The van der Waals surface area contributed by atoms with Gasteiger partial charge in [-0.05, 0) is 73.8 Å². The van der Waals surface area contributed by atoms with E-state index in [1.807, 2.05) is 0 Å². The molecular formula is C29H41F3N2O. The molecule has 3 saturated carbocycles. The molecule has 35 heavy (non-hydrogen) atoms. The van der Waals surface area contributed by atoms with Gasteiger partial charge in [-0.15, -0.1) is 0 Å². The number of halogens is 3. The fourth-order valence-corrected chi connectivity index (χ4v) is 7.85. The van der Waals surface area contributed by atoms with Crippen LogP contribution >= 0.6 is 0 Å². The van der Waals surface area contributed by atoms with Crippen LogP contribution < -0.4 is 5.32 Å². The molecule has 1 heterocycles. The van der Waals surface area contributed by atoms with E-state index in [1.54, 1.807) is 6.07 Å². The van der Waals surface area contributed by atoms with E-state index >= 15 is 0 Å². The van der Waals surface area contributed by atoms with Crippen molar-refractivity contribution < 1.29 is 18.0 Å². The summed E-state index contributed by atoms with van der Waals surface area (Å²) in [6.07, 6.45) is 10.3. The van der Waals surface area contributed by atoms with E-state index < -0.39 is 11.7 Å². The fourth-order valence-electron chi connectivity index (χ4n) is 7.85. The molecule has 0 radical (unpaired) electrons. The largest absolute Gasteiger partial charge is 0.416 e. The molecule has 0 aromatic heterocycles. The van der Waals surface area contributed by atoms with Gasteiger partial charge in [0.2, 0.25) is 5.91 Å². The smallest absolute Gasteiger partial charge is 0.353 e. The summed E-state index contributed by atoms with van der Waals surface area (Å²) in [7, 11) is 0. The predicted octanol–water partition coefficient (Wildman–Crippen LogP) is 6.81. The van der Waals surface area contributed by atoms with Crippen molar-refractivity contribution in [3.63, 3.8) is 0 Å². The number of rotatable bonds is 6. The van der Waals surface area contributed by atoms with Crippen molar-refractivity contribution in [2.24, 2.45) is 29.6 Å². The molecule has 1 saturated heterocycles. The van der Waals surface area contributed by atoms with Crippen molar-refractivity contribution >= 4 is 5.91 Å². The van der Waals surface area contributed by atoms with Gasteiger partial charge in [-0.3, -0.25) is 9.69 Å². The quantitative estimate of drug-likeness (QED) is 0.475. The maximum atomic E-state index is 13.8. The summed E-state index contributed by atoms with van der Waals surface area (Å²) in [4.78, 5) is 16.1. The average molecular weight is 491 g/mol. The molecule has 0 bridgehead atoms. The first-order valence-electron chi connectivity index (χ1n) is 14.1. The fraction of sp³-hybridized carbons (Fsp3) is 0.759. The van der Waals surface area contributed by atoms with Crippen LogP contribution in [0.4, 0.5) is 13.2 Å². The lowest BCUT2D eigenvalue weighted by Gasteiger charge is -2.37. The Bertz CT molecular complexity index is 842. The highest BCUT2D eigenvalue weighted by Crippen LogP contribution is 2.42. The normalized spacial score (nSPS) is 29.0. The van der Waals surface area contributed by atoms with Gasteiger partial charge in [-0.1, -0.05) is 56.7 Å². The molecule has 4 fully saturated rings. The molecule has 194 valence electrons. The number of nitrogens with one attached hydrogen (secondary N) is 1. The summed E-state index contributed by atoms with van der Waals surface area (Å²) in [5.74, 6) is 2.54. The van der Waals surface area contributed by atoms with Crippen LogP contribution in [0.15, 0.2) is 24.3 Å². The van der Waals surface area contributed by atoms with E-state index in [0.29, 0.717) is 36.1 Å². The van der Waals surface area contributed by atoms with Crippen molar-refractivity contribution in [1.29, 1.82) is 0 Å². The molecule has 0 spiro atoms. The summed E-state index contributed by atoms with van der Waals surface area (Å²) < 4.78 is 39.4. The molecule has 3 aliphatic carbocycles. The third-order valence-electron chi connectivity index (χ3n) is 9.54. The minimum atomic E-state index is -4.31. The second kappa shape index (κ2) is 10.8. The van der Waals surface area contributed by atoms with E-state index in [9.17, 15) is 18.0 Å². The van der Waals surface area contributed by atoms with Crippen LogP contribution in [0.1, 0.15) is 88.2 Å². The van der Waals surface area contributed by atoms with Crippen LogP contribution in [-0.4, -0.2) is 29.9 Å². The predicted molar refractivity (Wildman–Crippen MR) is 132 cm³/mol. The summed E-state index contributed by atoms with van der Waals surface area (Å²) in [5, 5.41) is 3.54. The molecule has 1 aromatic carbocycles. The Labute approximate surface area is 208 Å². The zero-order valence-corrected chi connectivity index (χ0v) is 20.9. The number of carbonyl (C=O) groups is 1.